The van der Waals surface area contributed by atoms with Gasteiger partial charge in [-0.05, 0) is 128 Å². The predicted octanol–water partition coefficient (Wildman–Crippen LogP) is 21.7. The van der Waals surface area contributed by atoms with E-state index in [0.717, 1.165) is 135 Å². The fourth-order valence-electron chi connectivity index (χ4n) is 9.50. The molecule has 0 amide bonds. The average molecular weight is 1260 g/mol. The number of unbranched alkanes of at least 4 members (excludes halogenated alkanes) is 22. The van der Waals surface area contributed by atoms with Gasteiger partial charge in [0.15, 0.2) is 12.4 Å². The molecule has 0 aliphatic carbocycles. The lowest BCUT2D eigenvalue weighted by Gasteiger charge is -2.26. The molecule has 0 radical (unpaired) electrons. The van der Waals surface area contributed by atoms with Crippen molar-refractivity contribution in [2.45, 2.75) is 283 Å². The SMILES string of the molecule is CC/C=C\C/C=C\C/C=C\C/C=C\C/C=C\C/C=C\C/C=C\C/C=C\C/C=C\C/C=C\CCCCCCCCCCC(=O)OC(COC(=O)CCCCCCCCCCCCCCCC/C=C\C/C=C\C/C=C\C/C=C\CC)COC(OCC[N+](C)(C)C)C(=O)[O-]. The van der Waals surface area contributed by atoms with Gasteiger partial charge in [0.2, 0.25) is 0 Å². The first kappa shape index (κ1) is 85.7. The summed E-state index contributed by atoms with van der Waals surface area (Å²) in [5.41, 5.74) is 0. The zero-order chi connectivity index (χ0) is 66.1. The van der Waals surface area contributed by atoms with E-state index in [2.05, 4.69) is 184 Å². The fourth-order valence-corrected chi connectivity index (χ4v) is 9.50. The Labute approximate surface area is 558 Å². The molecule has 91 heavy (non-hydrogen) atoms. The van der Waals surface area contributed by atoms with Gasteiger partial charge in [0.25, 0.3) is 0 Å². The highest BCUT2D eigenvalue weighted by Gasteiger charge is 2.22. The normalized spacial score (nSPS) is 13.7. The van der Waals surface area contributed by atoms with Crippen LogP contribution in [0, 0.1) is 0 Å². The van der Waals surface area contributed by atoms with Gasteiger partial charge >= 0.3 is 11.9 Å². The van der Waals surface area contributed by atoms with E-state index < -0.39 is 24.3 Å². The van der Waals surface area contributed by atoms with E-state index >= 15 is 0 Å². The molecule has 9 heteroatoms. The van der Waals surface area contributed by atoms with E-state index in [4.69, 9.17) is 18.9 Å². The van der Waals surface area contributed by atoms with Crippen LogP contribution in [-0.4, -0.2) is 82.3 Å². The fraction of sp³-hybridized carbons (Fsp3) is 0.622. The molecule has 2 atom stereocenters. The van der Waals surface area contributed by atoms with Crippen LogP contribution in [-0.2, 0) is 33.3 Å². The molecule has 0 spiro atoms. The van der Waals surface area contributed by atoms with Gasteiger partial charge in [-0.2, -0.15) is 0 Å². The monoisotopic (exact) mass is 1260 g/mol. The van der Waals surface area contributed by atoms with Gasteiger partial charge < -0.3 is 33.3 Å². The Kier molecular flexibility index (Phi) is 66.4. The van der Waals surface area contributed by atoms with Crippen molar-refractivity contribution in [2.75, 3.05) is 47.5 Å². The van der Waals surface area contributed by atoms with Crippen molar-refractivity contribution in [2.24, 2.45) is 0 Å². The van der Waals surface area contributed by atoms with Crippen LogP contribution in [0.4, 0.5) is 0 Å². The van der Waals surface area contributed by atoms with Gasteiger partial charge in [-0.1, -0.05) is 300 Å². The highest BCUT2D eigenvalue weighted by atomic mass is 16.7. The van der Waals surface area contributed by atoms with Gasteiger partial charge in [0.05, 0.1) is 40.3 Å². The maximum absolute atomic E-state index is 12.9. The summed E-state index contributed by atoms with van der Waals surface area (Å²) in [6.07, 6.45) is 103. The van der Waals surface area contributed by atoms with Crippen LogP contribution in [0.5, 0.6) is 0 Å². The van der Waals surface area contributed by atoms with Crippen molar-refractivity contribution in [3.63, 3.8) is 0 Å². The third kappa shape index (κ3) is 71.9. The maximum Gasteiger partial charge on any atom is 0.306 e. The summed E-state index contributed by atoms with van der Waals surface area (Å²) in [7, 11) is 5.92. The summed E-state index contributed by atoms with van der Waals surface area (Å²) < 4.78 is 22.8. The maximum atomic E-state index is 12.9. The Bertz CT molecular complexity index is 2100. The minimum atomic E-state index is -1.63. The number of ether oxygens (including phenoxy) is 4. The summed E-state index contributed by atoms with van der Waals surface area (Å²) >= 11 is 0. The van der Waals surface area contributed by atoms with Crippen molar-refractivity contribution >= 4 is 17.9 Å². The minimum Gasteiger partial charge on any atom is -0.545 e. The molecular formula is C82H133NO8. The van der Waals surface area contributed by atoms with Crippen molar-refractivity contribution < 1.29 is 42.9 Å². The highest BCUT2D eigenvalue weighted by molar-refractivity contribution is 5.70. The van der Waals surface area contributed by atoms with Gasteiger partial charge in [-0.15, -0.1) is 0 Å². The number of carbonyl (C=O) groups excluding carboxylic acids is 3. The molecule has 0 aromatic rings. The van der Waals surface area contributed by atoms with E-state index in [-0.39, 0.29) is 38.6 Å². The van der Waals surface area contributed by atoms with E-state index in [9.17, 15) is 19.5 Å². The number of esters is 2. The van der Waals surface area contributed by atoms with Crippen molar-refractivity contribution in [3.8, 4) is 0 Å². The first-order valence-electron chi connectivity index (χ1n) is 36.3. The average Bonchev–Trinajstić information content (AvgIpc) is 3.46. The molecule has 9 nitrogen and oxygen atoms in total. The van der Waals surface area contributed by atoms with Gasteiger partial charge in [0.1, 0.15) is 13.2 Å². The molecule has 0 saturated heterocycles. The molecule has 2 unspecified atom stereocenters. The third-order valence-corrected chi connectivity index (χ3v) is 15.0. The van der Waals surface area contributed by atoms with Crippen LogP contribution in [0.1, 0.15) is 271 Å². The topological polar surface area (TPSA) is 111 Å². The Hall–Kier alpha value is -5.35. The number of aliphatic carboxylic acids is 1. The van der Waals surface area contributed by atoms with Crippen LogP contribution >= 0.6 is 0 Å². The number of nitrogens with zero attached hydrogens (tertiary/aromatic N) is 1. The molecule has 0 saturated carbocycles. The molecule has 0 N–H and O–H groups in total. The molecule has 514 valence electrons. The van der Waals surface area contributed by atoms with Gasteiger partial charge in [-0.3, -0.25) is 9.59 Å². The van der Waals surface area contributed by atoms with Crippen molar-refractivity contribution in [1.82, 2.24) is 0 Å². The zero-order valence-electron chi connectivity index (χ0n) is 58.6. The lowest BCUT2D eigenvalue weighted by atomic mass is 10.0. The molecule has 0 aromatic carbocycles. The lowest BCUT2D eigenvalue weighted by Crippen LogP contribution is -2.44. The van der Waals surface area contributed by atoms with Crippen molar-refractivity contribution in [3.05, 3.63) is 170 Å². The molecule has 0 aliphatic rings. The number of carbonyl (C=O) groups is 3. The first-order valence-corrected chi connectivity index (χ1v) is 36.3. The second-order valence-electron chi connectivity index (χ2n) is 24.8. The van der Waals surface area contributed by atoms with Crippen LogP contribution in [0.3, 0.4) is 0 Å². The largest absolute Gasteiger partial charge is 0.545 e. The molecule has 0 fully saturated rings. The summed E-state index contributed by atoms with van der Waals surface area (Å²) in [6, 6.07) is 0. The van der Waals surface area contributed by atoms with E-state index in [1.165, 1.54) is 103 Å². The predicted molar refractivity (Wildman–Crippen MR) is 388 cm³/mol. The third-order valence-electron chi connectivity index (χ3n) is 15.0. The molecular weight excluding hydrogens is 1130 g/mol. The molecule has 0 aromatic heterocycles. The van der Waals surface area contributed by atoms with E-state index in [1.807, 2.05) is 21.1 Å². The summed E-state index contributed by atoms with van der Waals surface area (Å²) in [6.45, 7) is 4.51. The summed E-state index contributed by atoms with van der Waals surface area (Å²) in [5, 5.41) is 11.8. The van der Waals surface area contributed by atoms with Crippen LogP contribution < -0.4 is 5.11 Å². The minimum absolute atomic E-state index is 0.138. The first-order chi connectivity index (χ1) is 44.6. The highest BCUT2D eigenvalue weighted by Crippen LogP contribution is 2.16. The number of quaternary nitrogens is 1. The Balaban J connectivity index is 4.18. The van der Waals surface area contributed by atoms with Crippen LogP contribution in [0.15, 0.2) is 170 Å². The van der Waals surface area contributed by atoms with Gasteiger partial charge in [-0.25, -0.2) is 0 Å². The molecule has 0 bridgehead atoms. The number of carboxylic acids is 1. The molecule has 0 rings (SSSR count). The molecule has 0 heterocycles. The molecule has 0 aliphatic heterocycles. The number of rotatable bonds is 65. The number of hydrogen-bond donors (Lipinski definition) is 0. The Morgan fingerprint density at radius 2 is 0.593 bits per heavy atom. The number of carboxylic acid groups (broad SMARTS) is 1. The second-order valence-corrected chi connectivity index (χ2v) is 24.8. The van der Waals surface area contributed by atoms with Gasteiger partial charge in [0, 0.05) is 12.8 Å². The quantitative estimate of drug-likeness (QED) is 0.0195. The number of likely N-dealkylation sites (N-methyl/N-ethyl adjacent to an activating group) is 1. The second kappa shape index (κ2) is 70.5. The zero-order valence-corrected chi connectivity index (χ0v) is 58.6. The number of allylic oxidation sites excluding steroid dienone is 28. The van der Waals surface area contributed by atoms with Crippen molar-refractivity contribution in [1.29, 1.82) is 0 Å². The van der Waals surface area contributed by atoms with Crippen LogP contribution in [0.2, 0.25) is 0 Å². The Morgan fingerprint density at radius 3 is 0.879 bits per heavy atom. The van der Waals surface area contributed by atoms with E-state index in [0.29, 0.717) is 17.4 Å². The summed E-state index contributed by atoms with van der Waals surface area (Å²) in [5.74, 6) is -2.30. The standard InChI is InChI=1S/C82H133NO8/c1-6-8-10-12-14-16-18-20-22-24-26-28-30-32-34-35-36-37-38-39-40-41-42-43-44-45-47-49-51-53-55-57-59-61-63-65-67-69-71-73-80(85)91-78(77-90-82(81(86)87)88-75-74-83(3,4)5)76-89-79(84)72-70-68-66-64-62-60-58-56-54-52-50-48-46-33-31-29-27-25-23-21-19-17-15-13-11-9-7-2/h8-11,14-17,20-23,26-29,32,34,36-37,39-40,42-43,45,47,51,53,78,82H,6-7,12-13,18-19,24-25,30-31,33,35,38,41,44,46,48-50,52,54-77H2,1-5H3/b10-8-,11-9-,16-14-,17-15-,22-20-,23-21-,28-26-,29-27-,34-32-,37-36-,40-39-,43-42-,47-45-,53-51-. The van der Waals surface area contributed by atoms with Crippen LogP contribution in [0.25, 0.3) is 0 Å². The van der Waals surface area contributed by atoms with E-state index in [1.54, 1.807) is 0 Å². The smallest absolute Gasteiger partial charge is 0.306 e. The lowest BCUT2D eigenvalue weighted by molar-refractivity contribution is -0.870. The summed E-state index contributed by atoms with van der Waals surface area (Å²) in [4.78, 5) is 37.5. The Morgan fingerprint density at radius 1 is 0.330 bits per heavy atom. The number of hydrogen-bond acceptors (Lipinski definition) is 8.